The van der Waals surface area contributed by atoms with Crippen molar-refractivity contribution >= 4 is 17.4 Å². The molecule has 1 aliphatic rings. The fourth-order valence-electron chi connectivity index (χ4n) is 2.10. The molecule has 0 saturated heterocycles. The summed E-state index contributed by atoms with van der Waals surface area (Å²) in [5.41, 5.74) is 1.21. The molecule has 2 nitrogen and oxygen atoms in total. The summed E-state index contributed by atoms with van der Waals surface area (Å²) in [4.78, 5) is 4.58. The lowest BCUT2D eigenvalue weighted by atomic mass is 10.1. The van der Waals surface area contributed by atoms with Gasteiger partial charge in [-0.1, -0.05) is 30.2 Å². The van der Waals surface area contributed by atoms with Crippen molar-refractivity contribution in [2.75, 3.05) is 6.54 Å². The van der Waals surface area contributed by atoms with Crippen LogP contribution in [0.5, 0.6) is 0 Å². The summed E-state index contributed by atoms with van der Waals surface area (Å²) >= 11 is 6.00. The van der Waals surface area contributed by atoms with Crippen molar-refractivity contribution in [2.24, 2.45) is 4.99 Å². The number of halogens is 1. The van der Waals surface area contributed by atoms with Crippen LogP contribution in [0.1, 0.15) is 44.2 Å². The molecule has 0 fully saturated rings. The molecule has 1 unspecified atom stereocenters. The highest BCUT2D eigenvalue weighted by atomic mass is 35.5. The van der Waals surface area contributed by atoms with Crippen LogP contribution in [0.3, 0.4) is 0 Å². The number of aliphatic imine (C=N–C) groups is 1. The minimum atomic E-state index is 0.269. The quantitative estimate of drug-likeness (QED) is 0.844. The number of hydrogen-bond acceptors (Lipinski definition) is 2. The third-order valence-corrected chi connectivity index (χ3v) is 3.34. The second-order valence-electron chi connectivity index (χ2n) is 4.56. The van der Waals surface area contributed by atoms with Gasteiger partial charge in [0.05, 0.1) is 5.84 Å². The average molecular weight is 251 g/mol. The molecule has 0 aromatic heterocycles. The Morgan fingerprint density at radius 2 is 2.18 bits per heavy atom. The van der Waals surface area contributed by atoms with E-state index < -0.39 is 0 Å². The highest BCUT2D eigenvalue weighted by molar-refractivity contribution is 6.30. The van der Waals surface area contributed by atoms with Gasteiger partial charge in [-0.3, -0.25) is 4.99 Å². The second kappa shape index (κ2) is 6.06. The monoisotopic (exact) mass is 250 g/mol. The Bertz CT molecular complexity index is 401. The predicted molar refractivity (Wildman–Crippen MR) is 73.8 cm³/mol. The van der Waals surface area contributed by atoms with E-state index in [1.54, 1.807) is 0 Å². The van der Waals surface area contributed by atoms with Crippen molar-refractivity contribution in [2.45, 2.75) is 38.6 Å². The van der Waals surface area contributed by atoms with E-state index in [0.29, 0.717) is 0 Å². The number of nitrogens with zero attached hydrogens (tertiary/aromatic N) is 1. The van der Waals surface area contributed by atoms with Gasteiger partial charge in [0.25, 0.3) is 0 Å². The summed E-state index contributed by atoms with van der Waals surface area (Å²) in [6.07, 6.45) is 4.83. The predicted octanol–water partition coefficient (Wildman–Crippen LogP) is 3.96. The van der Waals surface area contributed by atoms with E-state index in [1.807, 2.05) is 18.2 Å². The minimum Gasteiger partial charge on any atom is -0.367 e. The van der Waals surface area contributed by atoms with Crippen molar-refractivity contribution in [3.63, 3.8) is 0 Å². The molecule has 2 rings (SSSR count). The average Bonchev–Trinajstić information content (AvgIpc) is 2.57. The van der Waals surface area contributed by atoms with E-state index in [9.17, 15) is 0 Å². The van der Waals surface area contributed by atoms with Crippen molar-refractivity contribution < 1.29 is 0 Å². The maximum Gasteiger partial charge on any atom is 0.0967 e. The molecule has 0 bridgehead atoms. The zero-order chi connectivity index (χ0) is 12.1. The van der Waals surface area contributed by atoms with Crippen molar-refractivity contribution in [3.8, 4) is 0 Å². The van der Waals surface area contributed by atoms with Crippen LogP contribution in [0.25, 0.3) is 0 Å². The number of amidine groups is 1. The van der Waals surface area contributed by atoms with Gasteiger partial charge in [-0.15, -0.1) is 0 Å². The Morgan fingerprint density at radius 3 is 3.00 bits per heavy atom. The smallest absolute Gasteiger partial charge is 0.0967 e. The molecule has 0 spiro atoms. The molecule has 1 aromatic carbocycles. The maximum absolute atomic E-state index is 6.00. The van der Waals surface area contributed by atoms with Gasteiger partial charge in [0.15, 0.2) is 0 Å². The molecule has 1 atom stereocenters. The lowest BCUT2D eigenvalue weighted by Crippen LogP contribution is -2.26. The molecule has 0 saturated carbocycles. The van der Waals surface area contributed by atoms with Crippen LogP contribution in [0.15, 0.2) is 29.3 Å². The molecule has 1 N–H and O–H groups in total. The normalized spacial score (nSPS) is 18.1. The third-order valence-electron chi connectivity index (χ3n) is 3.11. The van der Waals surface area contributed by atoms with Crippen LogP contribution in [-0.4, -0.2) is 12.4 Å². The van der Waals surface area contributed by atoms with E-state index in [1.165, 1.54) is 24.8 Å². The van der Waals surface area contributed by atoms with Crippen molar-refractivity contribution in [1.82, 2.24) is 5.32 Å². The Labute approximate surface area is 108 Å². The topological polar surface area (TPSA) is 24.4 Å². The molecule has 17 heavy (non-hydrogen) atoms. The van der Waals surface area contributed by atoms with Crippen LogP contribution in [0.2, 0.25) is 5.02 Å². The Balaban J connectivity index is 2.00. The SMILES string of the molecule is CC(NC1=NCCCCC1)c1cccc(Cl)c1. The summed E-state index contributed by atoms with van der Waals surface area (Å²) in [5, 5.41) is 4.28. The standard InChI is InChI=1S/C14H19ClN2/c1-11(12-6-5-7-13(15)10-12)17-14-8-3-2-4-9-16-14/h5-7,10-11H,2-4,8-9H2,1H3,(H,16,17). The van der Waals surface area contributed by atoms with E-state index >= 15 is 0 Å². The largest absolute Gasteiger partial charge is 0.367 e. The number of benzene rings is 1. The van der Waals surface area contributed by atoms with E-state index in [2.05, 4.69) is 23.3 Å². The van der Waals surface area contributed by atoms with E-state index in [4.69, 9.17) is 11.6 Å². The molecule has 0 aliphatic carbocycles. The first-order chi connectivity index (χ1) is 8.25. The summed E-state index contributed by atoms with van der Waals surface area (Å²) in [7, 11) is 0. The first-order valence-electron chi connectivity index (χ1n) is 6.31. The highest BCUT2D eigenvalue weighted by Gasteiger charge is 2.09. The van der Waals surface area contributed by atoms with Gasteiger partial charge in [0.2, 0.25) is 0 Å². The fraction of sp³-hybridized carbons (Fsp3) is 0.500. The molecular weight excluding hydrogens is 232 g/mol. The molecule has 3 heteroatoms. The minimum absolute atomic E-state index is 0.269. The molecule has 1 aromatic rings. The van der Waals surface area contributed by atoms with Crippen LogP contribution < -0.4 is 5.32 Å². The van der Waals surface area contributed by atoms with Gasteiger partial charge in [0, 0.05) is 24.0 Å². The molecule has 1 heterocycles. The van der Waals surface area contributed by atoms with Gasteiger partial charge in [-0.05, 0) is 37.5 Å². The van der Waals surface area contributed by atoms with Crippen LogP contribution >= 0.6 is 11.6 Å². The first kappa shape index (κ1) is 12.4. The lowest BCUT2D eigenvalue weighted by molar-refractivity contribution is 0.693. The molecule has 92 valence electrons. The molecule has 0 amide bonds. The molecule has 1 aliphatic heterocycles. The number of rotatable bonds is 2. The zero-order valence-corrected chi connectivity index (χ0v) is 11.0. The number of hydrogen-bond donors (Lipinski definition) is 1. The van der Waals surface area contributed by atoms with Gasteiger partial charge in [-0.2, -0.15) is 0 Å². The van der Waals surface area contributed by atoms with Gasteiger partial charge in [0.1, 0.15) is 0 Å². The molecule has 0 radical (unpaired) electrons. The van der Waals surface area contributed by atoms with E-state index in [-0.39, 0.29) is 6.04 Å². The fourth-order valence-corrected chi connectivity index (χ4v) is 2.30. The van der Waals surface area contributed by atoms with Crippen molar-refractivity contribution in [3.05, 3.63) is 34.9 Å². The summed E-state index contributed by atoms with van der Waals surface area (Å²) < 4.78 is 0. The zero-order valence-electron chi connectivity index (χ0n) is 10.2. The lowest BCUT2D eigenvalue weighted by Gasteiger charge is -2.17. The Kier molecular flexibility index (Phi) is 4.43. The Morgan fingerprint density at radius 1 is 1.29 bits per heavy atom. The molecular formula is C14H19ClN2. The number of nitrogens with one attached hydrogen (secondary N) is 1. The van der Waals surface area contributed by atoms with Crippen molar-refractivity contribution in [1.29, 1.82) is 0 Å². The third kappa shape index (κ3) is 3.74. The summed E-state index contributed by atoms with van der Waals surface area (Å²) in [6, 6.07) is 8.27. The maximum atomic E-state index is 6.00. The highest BCUT2D eigenvalue weighted by Crippen LogP contribution is 2.18. The first-order valence-corrected chi connectivity index (χ1v) is 6.69. The van der Waals surface area contributed by atoms with Gasteiger partial charge < -0.3 is 5.32 Å². The summed E-state index contributed by atoms with van der Waals surface area (Å²) in [6.45, 7) is 3.11. The Hall–Kier alpha value is -1.02. The second-order valence-corrected chi connectivity index (χ2v) is 5.00. The van der Waals surface area contributed by atoms with Crippen LogP contribution in [-0.2, 0) is 0 Å². The van der Waals surface area contributed by atoms with Crippen LogP contribution in [0, 0.1) is 0 Å². The van der Waals surface area contributed by atoms with Crippen LogP contribution in [0.4, 0.5) is 0 Å². The van der Waals surface area contributed by atoms with Gasteiger partial charge >= 0.3 is 0 Å². The van der Waals surface area contributed by atoms with Gasteiger partial charge in [-0.25, -0.2) is 0 Å². The summed E-state index contributed by atoms with van der Waals surface area (Å²) in [5.74, 6) is 1.15. The van der Waals surface area contributed by atoms with E-state index in [0.717, 1.165) is 23.8 Å².